The molecule has 7 nitrogen and oxygen atoms in total. The van der Waals surface area contributed by atoms with Crippen molar-refractivity contribution in [2.45, 2.75) is 0 Å². The van der Waals surface area contributed by atoms with Crippen molar-refractivity contribution in [2.75, 3.05) is 5.43 Å². The van der Waals surface area contributed by atoms with Crippen molar-refractivity contribution in [2.24, 2.45) is 5.10 Å². The van der Waals surface area contributed by atoms with Crippen molar-refractivity contribution in [1.82, 2.24) is 24.9 Å². The van der Waals surface area contributed by atoms with Gasteiger partial charge in [-0.05, 0) is 12.1 Å². The number of imidazole rings is 1. The Balaban J connectivity index is 1.76. The van der Waals surface area contributed by atoms with Crippen LogP contribution in [0.25, 0.3) is 11.2 Å². The number of aromatic amines is 1. The molecule has 0 fully saturated rings. The van der Waals surface area contributed by atoms with Gasteiger partial charge in [0, 0.05) is 11.8 Å². The van der Waals surface area contributed by atoms with Crippen LogP contribution in [0.5, 0.6) is 0 Å². The van der Waals surface area contributed by atoms with Crippen molar-refractivity contribution < 1.29 is 0 Å². The molecule has 24 heavy (non-hydrogen) atoms. The number of hydrazone groups is 1. The standard InChI is InChI=1S/C17H13N7/c1-2-6-12(7-3-1)14(13-8-4-5-9-18-13)23-24-17-15-16(20-10-19-15)21-11-22-17/h1-11H,(H2,19,20,21,22,24). The van der Waals surface area contributed by atoms with Crippen molar-refractivity contribution in [3.8, 4) is 0 Å². The number of nitrogens with zero attached hydrogens (tertiary/aromatic N) is 5. The van der Waals surface area contributed by atoms with E-state index in [0.29, 0.717) is 17.0 Å². The predicted molar refractivity (Wildman–Crippen MR) is 91.6 cm³/mol. The Bertz CT molecular complexity index is 936. The minimum atomic E-state index is 0.533. The molecule has 4 rings (SSSR count). The normalized spacial score (nSPS) is 11.6. The van der Waals surface area contributed by atoms with Crippen LogP contribution in [0.1, 0.15) is 11.3 Å². The van der Waals surface area contributed by atoms with E-state index in [1.807, 2.05) is 48.5 Å². The number of hydrogen-bond donors (Lipinski definition) is 2. The fraction of sp³-hybridized carbons (Fsp3) is 0. The molecule has 0 aliphatic rings. The molecule has 3 aromatic heterocycles. The zero-order valence-electron chi connectivity index (χ0n) is 12.6. The first-order chi connectivity index (χ1) is 11.9. The van der Waals surface area contributed by atoms with E-state index in [9.17, 15) is 0 Å². The zero-order chi connectivity index (χ0) is 16.2. The van der Waals surface area contributed by atoms with Crippen LogP contribution in [0.15, 0.2) is 72.5 Å². The first-order valence-electron chi connectivity index (χ1n) is 7.36. The monoisotopic (exact) mass is 315 g/mol. The number of hydrogen-bond acceptors (Lipinski definition) is 6. The summed E-state index contributed by atoms with van der Waals surface area (Å²) < 4.78 is 0. The van der Waals surface area contributed by atoms with E-state index in [0.717, 1.165) is 17.0 Å². The maximum Gasteiger partial charge on any atom is 0.177 e. The number of fused-ring (bicyclic) bond motifs is 1. The molecule has 0 atom stereocenters. The van der Waals surface area contributed by atoms with Gasteiger partial charge in [-0.15, -0.1) is 0 Å². The minimum Gasteiger partial charge on any atom is -0.329 e. The van der Waals surface area contributed by atoms with Crippen LogP contribution in [-0.2, 0) is 0 Å². The highest BCUT2D eigenvalue weighted by molar-refractivity contribution is 6.12. The number of H-pyrrole nitrogens is 1. The maximum absolute atomic E-state index is 4.52. The molecule has 1 aromatic carbocycles. The molecule has 2 N–H and O–H groups in total. The molecule has 0 aliphatic heterocycles. The highest BCUT2D eigenvalue weighted by Crippen LogP contribution is 2.15. The number of anilines is 1. The molecule has 0 saturated carbocycles. The summed E-state index contributed by atoms with van der Waals surface area (Å²) in [6, 6.07) is 15.6. The number of nitrogens with one attached hydrogen (secondary N) is 2. The number of benzene rings is 1. The molecule has 7 heteroatoms. The maximum atomic E-state index is 4.52. The molecule has 116 valence electrons. The highest BCUT2D eigenvalue weighted by atomic mass is 15.3. The van der Waals surface area contributed by atoms with E-state index in [4.69, 9.17) is 0 Å². The van der Waals surface area contributed by atoms with Crippen LogP contribution in [0, 0.1) is 0 Å². The first kappa shape index (κ1) is 14.0. The van der Waals surface area contributed by atoms with E-state index >= 15 is 0 Å². The van der Waals surface area contributed by atoms with Gasteiger partial charge in [-0.1, -0.05) is 36.4 Å². The number of pyridine rings is 1. The van der Waals surface area contributed by atoms with Gasteiger partial charge in [0.25, 0.3) is 0 Å². The molecule has 0 aliphatic carbocycles. The van der Waals surface area contributed by atoms with Gasteiger partial charge < -0.3 is 4.98 Å². The number of aromatic nitrogens is 5. The lowest BCUT2D eigenvalue weighted by molar-refractivity contribution is 1.16. The van der Waals surface area contributed by atoms with Crippen molar-refractivity contribution in [1.29, 1.82) is 0 Å². The van der Waals surface area contributed by atoms with Crippen LogP contribution in [0.2, 0.25) is 0 Å². The Morgan fingerprint density at radius 1 is 0.917 bits per heavy atom. The van der Waals surface area contributed by atoms with E-state index < -0.39 is 0 Å². The molecular weight excluding hydrogens is 302 g/mol. The van der Waals surface area contributed by atoms with Crippen LogP contribution < -0.4 is 5.43 Å². The Morgan fingerprint density at radius 2 is 1.79 bits per heavy atom. The quantitative estimate of drug-likeness (QED) is 0.446. The fourth-order valence-electron chi connectivity index (χ4n) is 2.32. The van der Waals surface area contributed by atoms with Crippen molar-refractivity contribution in [3.05, 3.63) is 78.6 Å². The summed E-state index contributed by atoms with van der Waals surface area (Å²) in [5, 5.41) is 4.52. The summed E-state index contributed by atoms with van der Waals surface area (Å²) >= 11 is 0. The molecule has 0 spiro atoms. The van der Waals surface area contributed by atoms with Gasteiger partial charge in [-0.3, -0.25) is 10.4 Å². The van der Waals surface area contributed by atoms with Gasteiger partial charge >= 0.3 is 0 Å². The highest BCUT2D eigenvalue weighted by Gasteiger charge is 2.10. The summed E-state index contributed by atoms with van der Waals surface area (Å²) in [4.78, 5) is 19.9. The van der Waals surface area contributed by atoms with E-state index in [1.54, 1.807) is 12.5 Å². The van der Waals surface area contributed by atoms with E-state index in [2.05, 4.69) is 35.4 Å². The summed E-state index contributed by atoms with van der Waals surface area (Å²) in [5.41, 5.74) is 6.72. The Hall–Kier alpha value is -3.61. The summed E-state index contributed by atoms with van der Waals surface area (Å²) in [6.07, 6.45) is 4.77. The van der Waals surface area contributed by atoms with Gasteiger partial charge in [0.1, 0.15) is 12.0 Å². The second-order valence-electron chi connectivity index (χ2n) is 4.98. The second kappa shape index (κ2) is 6.25. The van der Waals surface area contributed by atoms with Gasteiger partial charge in [0.15, 0.2) is 17.0 Å². The lowest BCUT2D eigenvalue weighted by Crippen LogP contribution is -2.09. The third-order valence-corrected chi connectivity index (χ3v) is 3.45. The molecular formula is C17H13N7. The average molecular weight is 315 g/mol. The summed E-state index contributed by atoms with van der Waals surface area (Å²) in [6.45, 7) is 0. The van der Waals surface area contributed by atoms with E-state index in [-0.39, 0.29) is 0 Å². The van der Waals surface area contributed by atoms with Crippen LogP contribution in [-0.4, -0.2) is 30.6 Å². The van der Waals surface area contributed by atoms with E-state index in [1.165, 1.54) is 6.33 Å². The minimum absolute atomic E-state index is 0.533. The second-order valence-corrected chi connectivity index (χ2v) is 4.98. The van der Waals surface area contributed by atoms with Crippen LogP contribution in [0.3, 0.4) is 0 Å². The number of rotatable bonds is 4. The Morgan fingerprint density at radius 3 is 2.62 bits per heavy atom. The fourth-order valence-corrected chi connectivity index (χ4v) is 2.32. The topological polar surface area (TPSA) is 91.7 Å². The third kappa shape index (κ3) is 2.70. The van der Waals surface area contributed by atoms with Crippen LogP contribution >= 0.6 is 0 Å². The molecule has 0 bridgehead atoms. The molecule has 0 amide bonds. The van der Waals surface area contributed by atoms with Crippen molar-refractivity contribution >= 4 is 22.7 Å². The summed E-state index contributed by atoms with van der Waals surface area (Å²) in [7, 11) is 0. The van der Waals surface area contributed by atoms with Gasteiger partial charge in [0.05, 0.1) is 12.0 Å². The average Bonchev–Trinajstić information content (AvgIpc) is 3.13. The lowest BCUT2D eigenvalue weighted by Gasteiger charge is -2.07. The smallest absolute Gasteiger partial charge is 0.177 e. The Kier molecular flexibility index (Phi) is 3.65. The van der Waals surface area contributed by atoms with Gasteiger partial charge in [-0.25, -0.2) is 15.0 Å². The molecule has 3 heterocycles. The van der Waals surface area contributed by atoms with Gasteiger partial charge in [-0.2, -0.15) is 5.10 Å². The molecule has 0 radical (unpaired) electrons. The third-order valence-electron chi connectivity index (χ3n) is 3.45. The van der Waals surface area contributed by atoms with Crippen molar-refractivity contribution in [3.63, 3.8) is 0 Å². The van der Waals surface area contributed by atoms with Gasteiger partial charge in [0.2, 0.25) is 0 Å². The SMILES string of the molecule is c1ccc(C(=NNc2ncnc3[nH]cnc23)c2ccccn2)cc1. The lowest BCUT2D eigenvalue weighted by atomic mass is 10.1. The van der Waals surface area contributed by atoms with Crippen LogP contribution in [0.4, 0.5) is 5.82 Å². The molecule has 4 aromatic rings. The molecule has 0 saturated heterocycles. The predicted octanol–water partition coefficient (Wildman–Crippen LogP) is 2.61. The first-order valence-corrected chi connectivity index (χ1v) is 7.36. The zero-order valence-corrected chi connectivity index (χ0v) is 12.6. The summed E-state index contributed by atoms with van der Waals surface area (Å²) in [5.74, 6) is 0.533. The molecule has 0 unspecified atom stereocenters. The largest absolute Gasteiger partial charge is 0.329 e. The Labute approximate surface area is 137 Å².